The number of thiocarbonyl (C=S) groups is 1. The Morgan fingerprint density at radius 1 is 0.906 bits per heavy atom. The van der Waals surface area contributed by atoms with E-state index in [1.165, 1.54) is 21.9 Å². The van der Waals surface area contributed by atoms with Crippen LogP contribution in [0.3, 0.4) is 0 Å². The predicted octanol–water partition coefficient (Wildman–Crippen LogP) is 4.09. The topological polar surface area (TPSA) is 37.0 Å². The standard InChI is InChI=1S/C26H31N3O2S/c1-30-24-11-10-20(18-25(24)31-2)12-13-27-26(32)29-16-14-28(15-17-29)19-22-8-5-7-21-6-3-4-9-23(21)22/h3-11,18H,12-17,19H2,1-2H3,(H,27,32). The summed E-state index contributed by atoms with van der Waals surface area (Å²) in [4.78, 5) is 4.80. The van der Waals surface area contributed by atoms with Crippen LogP contribution < -0.4 is 14.8 Å². The summed E-state index contributed by atoms with van der Waals surface area (Å²) in [5.41, 5.74) is 2.59. The first kappa shape index (κ1) is 22.4. The summed E-state index contributed by atoms with van der Waals surface area (Å²) in [5.74, 6) is 1.51. The average Bonchev–Trinajstić information content (AvgIpc) is 2.84. The van der Waals surface area contributed by atoms with E-state index in [9.17, 15) is 0 Å². The van der Waals surface area contributed by atoms with Gasteiger partial charge in [0, 0.05) is 39.3 Å². The van der Waals surface area contributed by atoms with Crippen LogP contribution in [0.4, 0.5) is 0 Å². The third-order valence-corrected chi connectivity index (χ3v) is 6.47. The fraction of sp³-hybridized carbons (Fsp3) is 0.346. The molecule has 32 heavy (non-hydrogen) atoms. The van der Waals surface area contributed by atoms with Crippen LogP contribution >= 0.6 is 12.2 Å². The second kappa shape index (κ2) is 10.7. The van der Waals surface area contributed by atoms with Gasteiger partial charge in [0.05, 0.1) is 14.2 Å². The summed E-state index contributed by atoms with van der Waals surface area (Å²) in [6.07, 6.45) is 0.877. The van der Waals surface area contributed by atoms with Crippen molar-refractivity contribution in [3.05, 3.63) is 71.8 Å². The zero-order valence-corrected chi connectivity index (χ0v) is 19.7. The maximum Gasteiger partial charge on any atom is 0.169 e. The van der Waals surface area contributed by atoms with E-state index in [1.54, 1.807) is 14.2 Å². The van der Waals surface area contributed by atoms with Gasteiger partial charge in [0.25, 0.3) is 0 Å². The van der Waals surface area contributed by atoms with Gasteiger partial charge < -0.3 is 19.7 Å². The van der Waals surface area contributed by atoms with Crippen molar-refractivity contribution in [2.24, 2.45) is 0 Å². The van der Waals surface area contributed by atoms with Gasteiger partial charge in [-0.15, -0.1) is 0 Å². The minimum absolute atomic E-state index is 0.751. The van der Waals surface area contributed by atoms with Gasteiger partial charge in [0.1, 0.15) is 0 Å². The van der Waals surface area contributed by atoms with Crippen molar-refractivity contribution in [1.82, 2.24) is 15.1 Å². The fourth-order valence-electron chi connectivity index (χ4n) is 4.24. The molecule has 0 amide bonds. The monoisotopic (exact) mass is 449 g/mol. The Labute approximate surface area is 195 Å². The number of nitrogens with one attached hydrogen (secondary N) is 1. The molecule has 4 rings (SSSR count). The van der Waals surface area contributed by atoms with E-state index in [0.717, 1.165) is 62.3 Å². The molecular weight excluding hydrogens is 418 g/mol. The Morgan fingerprint density at radius 3 is 2.44 bits per heavy atom. The fourth-order valence-corrected chi connectivity index (χ4v) is 4.53. The summed E-state index contributed by atoms with van der Waals surface area (Å²) >= 11 is 5.66. The summed E-state index contributed by atoms with van der Waals surface area (Å²) in [7, 11) is 3.31. The number of hydrogen-bond acceptors (Lipinski definition) is 4. The number of piperazine rings is 1. The first-order valence-corrected chi connectivity index (χ1v) is 11.5. The molecule has 0 unspecified atom stereocenters. The highest BCUT2D eigenvalue weighted by molar-refractivity contribution is 7.80. The average molecular weight is 450 g/mol. The van der Waals surface area contributed by atoms with Gasteiger partial charge in [-0.25, -0.2) is 0 Å². The highest BCUT2D eigenvalue weighted by Crippen LogP contribution is 2.27. The number of benzene rings is 3. The number of methoxy groups -OCH3 is 2. The minimum atomic E-state index is 0.751. The number of ether oxygens (including phenoxy) is 2. The van der Waals surface area contributed by atoms with Gasteiger partial charge in [-0.2, -0.15) is 0 Å². The van der Waals surface area contributed by atoms with Crippen LogP contribution in [0.15, 0.2) is 60.7 Å². The van der Waals surface area contributed by atoms with E-state index < -0.39 is 0 Å². The number of fused-ring (bicyclic) bond motifs is 1. The number of rotatable bonds is 7. The molecule has 1 saturated heterocycles. The van der Waals surface area contributed by atoms with Gasteiger partial charge in [-0.1, -0.05) is 48.5 Å². The molecule has 3 aromatic carbocycles. The van der Waals surface area contributed by atoms with E-state index in [4.69, 9.17) is 21.7 Å². The Hall–Kier alpha value is -2.83. The molecule has 0 aliphatic carbocycles. The number of nitrogens with zero attached hydrogens (tertiary/aromatic N) is 2. The van der Waals surface area contributed by atoms with E-state index in [0.29, 0.717) is 0 Å². The molecule has 1 N–H and O–H groups in total. The minimum Gasteiger partial charge on any atom is -0.493 e. The Bertz CT molecular complexity index is 1060. The lowest BCUT2D eigenvalue weighted by Crippen LogP contribution is -2.51. The molecule has 0 spiro atoms. The molecule has 5 nitrogen and oxygen atoms in total. The second-order valence-electron chi connectivity index (χ2n) is 8.07. The molecule has 3 aromatic rings. The van der Waals surface area contributed by atoms with Crippen LogP contribution in [0.1, 0.15) is 11.1 Å². The lowest BCUT2D eigenvalue weighted by Gasteiger charge is -2.36. The molecule has 0 atom stereocenters. The van der Waals surface area contributed by atoms with E-state index in [1.807, 2.05) is 12.1 Å². The van der Waals surface area contributed by atoms with Crippen molar-refractivity contribution in [1.29, 1.82) is 0 Å². The Morgan fingerprint density at radius 2 is 1.66 bits per heavy atom. The van der Waals surface area contributed by atoms with Crippen LogP contribution in [0, 0.1) is 0 Å². The lowest BCUT2D eigenvalue weighted by molar-refractivity contribution is 0.175. The normalized spacial score (nSPS) is 14.4. The van der Waals surface area contributed by atoms with Crippen LogP contribution in [0.5, 0.6) is 11.5 Å². The SMILES string of the molecule is COc1ccc(CCNC(=S)N2CCN(Cc3cccc4ccccc34)CC2)cc1OC. The van der Waals surface area contributed by atoms with Crippen molar-refractivity contribution in [3.8, 4) is 11.5 Å². The van der Waals surface area contributed by atoms with Crippen molar-refractivity contribution >= 4 is 28.1 Å². The van der Waals surface area contributed by atoms with E-state index in [2.05, 4.69) is 63.6 Å². The molecule has 1 heterocycles. The first-order chi connectivity index (χ1) is 15.7. The molecule has 1 aliphatic heterocycles. The molecule has 0 bridgehead atoms. The second-order valence-corrected chi connectivity index (χ2v) is 8.46. The summed E-state index contributed by atoms with van der Waals surface area (Å²) in [5, 5.41) is 6.93. The van der Waals surface area contributed by atoms with Crippen LogP contribution in [0.2, 0.25) is 0 Å². The van der Waals surface area contributed by atoms with Crippen LogP contribution in [0.25, 0.3) is 10.8 Å². The molecule has 0 saturated carbocycles. The zero-order chi connectivity index (χ0) is 22.3. The summed E-state index contributed by atoms with van der Waals surface area (Å²) in [6, 6.07) is 21.2. The zero-order valence-electron chi connectivity index (χ0n) is 18.8. The van der Waals surface area contributed by atoms with Gasteiger partial charge in [-0.3, -0.25) is 4.90 Å². The first-order valence-electron chi connectivity index (χ1n) is 11.1. The lowest BCUT2D eigenvalue weighted by atomic mass is 10.0. The van der Waals surface area contributed by atoms with Gasteiger partial charge in [0.15, 0.2) is 16.6 Å². The van der Waals surface area contributed by atoms with Gasteiger partial charge in [0.2, 0.25) is 0 Å². The molecule has 0 radical (unpaired) electrons. The van der Waals surface area contributed by atoms with Gasteiger partial charge in [-0.05, 0) is 52.7 Å². The summed E-state index contributed by atoms with van der Waals surface area (Å²) in [6.45, 7) is 5.71. The van der Waals surface area contributed by atoms with Crippen molar-refractivity contribution < 1.29 is 9.47 Å². The molecule has 6 heteroatoms. The third kappa shape index (κ3) is 5.31. The molecule has 1 fully saturated rings. The highest BCUT2D eigenvalue weighted by atomic mass is 32.1. The van der Waals surface area contributed by atoms with E-state index in [-0.39, 0.29) is 0 Å². The van der Waals surface area contributed by atoms with Gasteiger partial charge >= 0.3 is 0 Å². The van der Waals surface area contributed by atoms with Crippen LogP contribution in [-0.2, 0) is 13.0 Å². The van der Waals surface area contributed by atoms with Crippen LogP contribution in [-0.4, -0.2) is 61.9 Å². The van der Waals surface area contributed by atoms with Crippen molar-refractivity contribution in [2.45, 2.75) is 13.0 Å². The van der Waals surface area contributed by atoms with E-state index >= 15 is 0 Å². The molecule has 168 valence electrons. The third-order valence-electron chi connectivity index (χ3n) is 6.07. The molecular formula is C26H31N3O2S. The Kier molecular flexibility index (Phi) is 7.45. The summed E-state index contributed by atoms with van der Waals surface area (Å²) < 4.78 is 10.7. The Balaban J connectivity index is 1.24. The molecule has 1 aliphatic rings. The smallest absolute Gasteiger partial charge is 0.169 e. The molecule has 0 aromatic heterocycles. The largest absolute Gasteiger partial charge is 0.493 e. The highest BCUT2D eigenvalue weighted by Gasteiger charge is 2.19. The predicted molar refractivity (Wildman–Crippen MR) is 135 cm³/mol. The number of hydrogen-bond donors (Lipinski definition) is 1. The van der Waals surface area contributed by atoms with Crippen molar-refractivity contribution in [2.75, 3.05) is 46.9 Å². The maximum absolute atomic E-state index is 5.66. The quantitative estimate of drug-likeness (QED) is 0.548. The maximum atomic E-state index is 5.66. The van der Waals surface area contributed by atoms with Crippen molar-refractivity contribution in [3.63, 3.8) is 0 Å².